The molecule has 1 heterocycles. The molecule has 0 saturated heterocycles. The van der Waals surface area contributed by atoms with Crippen molar-refractivity contribution in [2.24, 2.45) is 11.8 Å². The third-order valence-corrected chi connectivity index (χ3v) is 5.29. The summed E-state index contributed by atoms with van der Waals surface area (Å²) in [5.41, 5.74) is 2.82. The molecular formula is C22H33N5O3S. The number of nitrogens with zero attached hydrogens (tertiary/aromatic N) is 3. The summed E-state index contributed by atoms with van der Waals surface area (Å²) in [7, 11) is 0. The van der Waals surface area contributed by atoms with Gasteiger partial charge in [-0.05, 0) is 35.4 Å². The largest absolute Gasteiger partial charge is 0.481 e. The highest BCUT2D eigenvalue weighted by Gasteiger charge is 2.19. The number of rotatable bonds is 11. The molecule has 1 amide bonds. The molecule has 1 aromatic heterocycles. The van der Waals surface area contributed by atoms with E-state index >= 15 is 0 Å². The molecule has 0 aliphatic heterocycles. The van der Waals surface area contributed by atoms with Gasteiger partial charge in [-0.1, -0.05) is 52.0 Å². The number of carboxylic acid groups (broad SMARTS) is 1. The van der Waals surface area contributed by atoms with E-state index in [0.29, 0.717) is 22.1 Å². The average molecular weight is 448 g/mol. The molecule has 2 rings (SSSR count). The molecule has 0 aliphatic rings. The highest BCUT2D eigenvalue weighted by atomic mass is 32.1. The Labute approximate surface area is 188 Å². The van der Waals surface area contributed by atoms with Crippen molar-refractivity contribution in [2.75, 3.05) is 28.6 Å². The average Bonchev–Trinajstić information content (AvgIpc) is 3.05. The molecule has 0 spiro atoms. The Hall–Kier alpha value is -2.68. The molecule has 31 heavy (non-hydrogen) atoms. The SMILES string of the molecule is CC(=O)Nc1nnc(Nc2cc(C(C)CC(=O)O)ccc2N(CC(C)C)CC(C)C)s1. The van der Waals surface area contributed by atoms with E-state index in [4.69, 9.17) is 0 Å². The molecule has 0 bridgehead atoms. The van der Waals surface area contributed by atoms with E-state index in [9.17, 15) is 14.7 Å². The van der Waals surface area contributed by atoms with Gasteiger partial charge in [0.1, 0.15) is 0 Å². The number of aliphatic carboxylic acids is 1. The van der Waals surface area contributed by atoms with Gasteiger partial charge in [0.15, 0.2) is 0 Å². The molecule has 9 heteroatoms. The molecule has 0 fully saturated rings. The molecule has 170 valence electrons. The topological polar surface area (TPSA) is 107 Å². The van der Waals surface area contributed by atoms with Gasteiger partial charge in [-0.15, -0.1) is 10.2 Å². The van der Waals surface area contributed by atoms with Gasteiger partial charge in [0.05, 0.1) is 17.8 Å². The maximum Gasteiger partial charge on any atom is 0.303 e. The number of aromatic nitrogens is 2. The second-order valence-corrected chi connectivity index (χ2v) is 9.66. The first-order valence-electron chi connectivity index (χ1n) is 10.5. The van der Waals surface area contributed by atoms with Crippen molar-refractivity contribution in [1.29, 1.82) is 0 Å². The number of hydrogen-bond donors (Lipinski definition) is 3. The Balaban J connectivity index is 2.43. The van der Waals surface area contributed by atoms with Crippen LogP contribution in [0.15, 0.2) is 18.2 Å². The first kappa shape index (κ1) is 24.6. The molecule has 0 aliphatic carbocycles. The predicted octanol–water partition coefficient (Wildman–Crippen LogP) is 4.94. The van der Waals surface area contributed by atoms with Crippen LogP contribution in [-0.4, -0.2) is 40.3 Å². The zero-order chi connectivity index (χ0) is 23.1. The van der Waals surface area contributed by atoms with Crippen molar-refractivity contribution >= 4 is 44.9 Å². The van der Waals surface area contributed by atoms with E-state index in [1.165, 1.54) is 18.3 Å². The summed E-state index contributed by atoms with van der Waals surface area (Å²) in [5, 5.41) is 24.3. The van der Waals surface area contributed by atoms with Crippen LogP contribution in [-0.2, 0) is 9.59 Å². The maximum atomic E-state index is 11.3. The number of carboxylic acids is 1. The van der Waals surface area contributed by atoms with E-state index < -0.39 is 5.97 Å². The third kappa shape index (κ3) is 7.82. The fraction of sp³-hybridized carbons (Fsp3) is 0.545. The summed E-state index contributed by atoms with van der Waals surface area (Å²) < 4.78 is 0. The van der Waals surface area contributed by atoms with E-state index in [1.807, 2.05) is 19.1 Å². The van der Waals surface area contributed by atoms with Crippen molar-refractivity contribution in [2.45, 2.75) is 53.9 Å². The van der Waals surface area contributed by atoms with E-state index in [-0.39, 0.29) is 18.2 Å². The minimum absolute atomic E-state index is 0.0615. The fourth-order valence-corrected chi connectivity index (χ4v) is 4.06. The lowest BCUT2D eigenvalue weighted by molar-refractivity contribution is -0.137. The first-order valence-corrected chi connectivity index (χ1v) is 11.4. The van der Waals surface area contributed by atoms with Crippen LogP contribution in [0, 0.1) is 11.8 Å². The number of nitrogens with one attached hydrogen (secondary N) is 2. The summed E-state index contributed by atoms with van der Waals surface area (Å²) in [6, 6.07) is 6.05. The van der Waals surface area contributed by atoms with Gasteiger partial charge < -0.3 is 20.6 Å². The number of amides is 1. The van der Waals surface area contributed by atoms with Crippen molar-refractivity contribution < 1.29 is 14.7 Å². The van der Waals surface area contributed by atoms with Crippen molar-refractivity contribution in [1.82, 2.24) is 10.2 Å². The summed E-state index contributed by atoms with van der Waals surface area (Å²) in [5.74, 6) is -0.195. The molecule has 1 unspecified atom stereocenters. The highest BCUT2D eigenvalue weighted by Crippen LogP contribution is 2.35. The predicted molar refractivity (Wildman–Crippen MR) is 126 cm³/mol. The summed E-state index contributed by atoms with van der Waals surface area (Å²) in [4.78, 5) is 24.8. The number of hydrogen-bond acceptors (Lipinski definition) is 7. The van der Waals surface area contributed by atoms with Crippen LogP contribution in [0.5, 0.6) is 0 Å². The van der Waals surface area contributed by atoms with Crippen LogP contribution >= 0.6 is 11.3 Å². The quantitative estimate of drug-likeness (QED) is 0.448. The standard InChI is InChI=1S/C22H33N5O3S/c1-13(2)11-27(12-14(3)4)19-8-7-17(15(5)9-20(29)30)10-18(19)24-22-26-25-21(31-22)23-16(6)28/h7-8,10,13-15H,9,11-12H2,1-6H3,(H,24,26)(H,29,30)(H,23,25,28). The van der Waals surface area contributed by atoms with Gasteiger partial charge in [-0.2, -0.15) is 0 Å². The van der Waals surface area contributed by atoms with E-state index in [2.05, 4.69) is 59.5 Å². The van der Waals surface area contributed by atoms with Crippen LogP contribution in [0.3, 0.4) is 0 Å². The molecule has 8 nitrogen and oxygen atoms in total. The Morgan fingerprint density at radius 3 is 2.23 bits per heavy atom. The van der Waals surface area contributed by atoms with Crippen LogP contribution in [0.2, 0.25) is 0 Å². The van der Waals surface area contributed by atoms with Gasteiger partial charge in [0, 0.05) is 20.0 Å². The second kappa shape index (κ2) is 11.1. The minimum atomic E-state index is -0.823. The van der Waals surface area contributed by atoms with Gasteiger partial charge in [0.25, 0.3) is 0 Å². The zero-order valence-electron chi connectivity index (χ0n) is 19.1. The number of carbonyl (C=O) groups is 2. The molecule has 0 saturated carbocycles. The molecule has 3 N–H and O–H groups in total. The van der Waals surface area contributed by atoms with Gasteiger partial charge >= 0.3 is 5.97 Å². The lowest BCUT2D eigenvalue weighted by atomic mass is 9.96. The lowest BCUT2D eigenvalue weighted by Gasteiger charge is -2.31. The van der Waals surface area contributed by atoms with E-state index in [1.54, 1.807) is 0 Å². The summed E-state index contributed by atoms with van der Waals surface area (Å²) in [6.07, 6.45) is 0.0615. The Kier molecular flexibility index (Phi) is 8.79. The molecule has 0 radical (unpaired) electrons. The first-order chi connectivity index (χ1) is 14.5. The second-order valence-electron chi connectivity index (χ2n) is 8.69. The fourth-order valence-electron chi connectivity index (χ4n) is 3.36. The Morgan fingerprint density at radius 2 is 1.68 bits per heavy atom. The van der Waals surface area contributed by atoms with Crippen LogP contribution < -0.4 is 15.5 Å². The van der Waals surface area contributed by atoms with Crippen molar-refractivity contribution in [3.8, 4) is 0 Å². The smallest absolute Gasteiger partial charge is 0.303 e. The Bertz CT molecular complexity index is 887. The van der Waals surface area contributed by atoms with Crippen LogP contribution in [0.4, 0.5) is 21.6 Å². The molecule has 2 aromatic rings. The lowest BCUT2D eigenvalue weighted by Crippen LogP contribution is -2.31. The van der Waals surface area contributed by atoms with Crippen molar-refractivity contribution in [3.05, 3.63) is 23.8 Å². The zero-order valence-corrected chi connectivity index (χ0v) is 19.9. The maximum absolute atomic E-state index is 11.3. The molecular weight excluding hydrogens is 414 g/mol. The number of anilines is 4. The van der Waals surface area contributed by atoms with Crippen molar-refractivity contribution in [3.63, 3.8) is 0 Å². The monoisotopic (exact) mass is 447 g/mol. The molecule has 1 atom stereocenters. The Morgan fingerprint density at radius 1 is 1.06 bits per heavy atom. The van der Waals surface area contributed by atoms with E-state index in [0.717, 1.165) is 30.0 Å². The number of carbonyl (C=O) groups excluding carboxylic acids is 1. The van der Waals surface area contributed by atoms with Gasteiger partial charge in [-0.3, -0.25) is 9.59 Å². The number of benzene rings is 1. The minimum Gasteiger partial charge on any atom is -0.481 e. The summed E-state index contributed by atoms with van der Waals surface area (Å²) in [6.45, 7) is 13.9. The van der Waals surface area contributed by atoms with Gasteiger partial charge in [0.2, 0.25) is 16.2 Å². The van der Waals surface area contributed by atoms with Crippen LogP contribution in [0.25, 0.3) is 0 Å². The highest BCUT2D eigenvalue weighted by molar-refractivity contribution is 7.19. The normalized spacial score (nSPS) is 12.1. The summed E-state index contributed by atoms with van der Waals surface area (Å²) >= 11 is 1.25. The van der Waals surface area contributed by atoms with Gasteiger partial charge in [-0.25, -0.2) is 0 Å². The third-order valence-electron chi connectivity index (χ3n) is 4.53. The molecule has 1 aromatic carbocycles. The van der Waals surface area contributed by atoms with Crippen LogP contribution in [0.1, 0.15) is 59.4 Å².